The zero-order valence-electron chi connectivity index (χ0n) is 17.4. The first kappa shape index (κ1) is 24.7. The van der Waals surface area contributed by atoms with Crippen LogP contribution in [-0.4, -0.2) is 56.0 Å². The van der Waals surface area contributed by atoms with Crippen LogP contribution < -0.4 is 10.6 Å². The maximum absolute atomic E-state index is 12.7. The van der Waals surface area contributed by atoms with Gasteiger partial charge in [0.05, 0.1) is 4.90 Å². The molecule has 1 aromatic heterocycles. The molecule has 0 unspecified atom stereocenters. The number of aromatic nitrogens is 1. The van der Waals surface area contributed by atoms with Gasteiger partial charge in [0.1, 0.15) is 0 Å². The molecule has 7 nitrogen and oxygen atoms in total. The molecule has 1 aliphatic heterocycles. The second-order valence-corrected chi connectivity index (χ2v) is 9.17. The fourth-order valence-corrected chi connectivity index (χ4v) is 4.95. The minimum atomic E-state index is -3.39. The number of sulfonamides is 1. The largest absolute Gasteiger partial charge is 0.357 e. The maximum atomic E-state index is 12.7. The number of hydrogen-bond acceptors (Lipinski definition) is 3. The van der Waals surface area contributed by atoms with Crippen LogP contribution in [-0.2, 0) is 16.6 Å². The number of piperidine rings is 1. The fraction of sp³-hybridized carbons (Fsp3) is 0.476. The van der Waals surface area contributed by atoms with Crippen molar-refractivity contribution in [2.75, 3.05) is 32.7 Å². The Labute approximate surface area is 197 Å². The van der Waals surface area contributed by atoms with Crippen LogP contribution in [0.4, 0.5) is 0 Å². The monoisotopic (exact) mass is 545 g/mol. The van der Waals surface area contributed by atoms with Gasteiger partial charge in [-0.15, -0.1) is 24.0 Å². The van der Waals surface area contributed by atoms with Gasteiger partial charge in [-0.2, -0.15) is 4.31 Å². The second kappa shape index (κ2) is 12.3. The van der Waals surface area contributed by atoms with Gasteiger partial charge in [-0.05, 0) is 49.9 Å². The molecule has 0 bridgehead atoms. The molecule has 166 valence electrons. The summed E-state index contributed by atoms with van der Waals surface area (Å²) in [6, 6.07) is 12.7. The number of nitrogens with one attached hydrogen (secondary N) is 2. The summed E-state index contributed by atoms with van der Waals surface area (Å²) in [5.74, 6) is 1.22. The molecule has 2 aromatic rings. The highest BCUT2D eigenvalue weighted by atomic mass is 127. The van der Waals surface area contributed by atoms with E-state index in [0.29, 0.717) is 30.4 Å². The van der Waals surface area contributed by atoms with Crippen LogP contribution in [0, 0.1) is 5.92 Å². The number of guanidine groups is 1. The first-order valence-corrected chi connectivity index (χ1v) is 11.7. The van der Waals surface area contributed by atoms with Gasteiger partial charge >= 0.3 is 0 Å². The summed E-state index contributed by atoms with van der Waals surface area (Å²) >= 11 is 0. The van der Waals surface area contributed by atoms with Crippen molar-refractivity contribution in [3.63, 3.8) is 0 Å². The van der Waals surface area contributed by atoms with E-state index in [-0.39, 0.29) is 24.0 Å². The second-order valence-electron chi connectivity index (χ2n) is 7.23. The highest BCUT2D eigenvalue weighted by Gasteiger charge is 2.29. The van der Waals surface area contributed by atoms with Crippen molar-refractivity contribution in [3.8, 4) is 0 Å². The smallest absolute Gasteiger partial charge is 0.243 e. The SMILES string of the molecule is CCNC(=NCC1CCN(S(=O)(=O)c2ccccc2)CC1)NCCn1cccc1.I. The molecule has 1 aromatic carbocycles. The first-order valence-electron chi connectivity index (χ1n) is 10.3. The van der Waals surface area contributed by atoms with E-state index < -0.39 is 10.0 Å². The van der Waals surface area contributed by atoms with E-state index in [0.717, 1.165) is 38.4 Å². The Morgan fingerprint density at radius 2 is 1.73 bits per heavy atom. The van der Waals surface area contributed by atoms with Gasteiger partial charge in [0, 0.05) is 51.7 Å². The van der Waals surface area contributed by atoms with Crippen LogP contribution in [0.3, 0.4) is 0 Å². The van der Waals surface area contributed by atoms with E-state index in [1.54, 1.807) is 28.6 Å². The van der Waals surface area contributed by atoms with Crippen molar-refractivity contribution >= 4 is 40.0 Å². The first-order chi connectivity index (χ1) is 14.1. The number of nitrogens with zero attached hydrogens (tertiary/aromatic N) is 3. The van der Waals surface area contributed by atoms with Crippen LogP contribution >= 0.6 is 24.0 Å². The Morgan fingerprint density at radius 1 is 1.07 bits per heavy atom. The Hall–Kier alpha value is -1.59. The lowest BCUT2D eigenvalue weighted by molar-refractivity contribution is 0.278. The van der Waals surface area contributed by atoms with Crippen molar-refractivity contribution in [1.29, 1.82) is 0 Å². The highest BCUT2D eigenvalue weighted by Crippen LogP contribution is 2.23. The predicted molar refractivity (Wildman–Crippen MR) is 132 cm³/mol. The third kappa shape index (κ3) is 6.98. The van der Waals surface area contributed by atoms with Crippen LogP contribution in [0.2, 0.25) is 0 Å². The third-order valence-corrected chi connectivity index (χ3v) is 7.05. The topological polar surface area (TPSA) is 78.7 Å². The van der Waals surface area contributed by atoms with Crippen LogP contribution in [0.25, 0.3) is 0 Å². The number of benzene rings is 1. The number of aliphatic imine (C=N–C) groups is 1. The molecule has 1 aliphatic rings. The summed E-state index contributed by atoms with van der Waals surface area (Å²) in [6.45, 7) is 6.35. The minimum absolute atomic E-state index is 0. The van der Waals surface area contributed by atoms with E-state index in [9.17, 15) is 8.42 Å². The molecular weight excluding hydrogens is 513 g/mol. The van der Waals surface area contributed by atoms with E-state index in [1.807, 2.05) is 30.6 Å². The lowest BCUT2D eigenvalue weighted by atomic mass is 9.98. The Kier molecular flexibility index (Phi) is 10.1. The quantitative estimate of drug-likeness (QED) is 0.304. The maximum Gasteiger partial charge on any atom is 0.243 e. The average molecular weight is 545 g/mol. The molecule has 1 fully saturated rings. The normalized spacial score (nSPS) is 16.1. The molecule has 0 spiro atoms. The molecule has 1 saturated heterocycles. The summed E-state index contributed by atoms with van der Waals surface area (Å²) < 4.78 is 29.2. The summed E-state index contributed by atoms with van der Waals surface area (Å²) in [4.78, 5) is 5.09. The molecule has 3 rings (SSSR count). The summed E-state index contributed by atoms with van der Waals surface area (Å²) in [6.07, 6.45) is 5.75. The lowest BCUT2D eigenvalue weighted by Gasteiger charge is -2.30. The van der Waals surface area contributed by atoms with Crippen LogP contribution in [0.5, 0.6) is 0 Å². The molecule has 0 amide bonds. The molecule has 2 N–H and O–H groups in total. The van der Waals surface area contributed by atoms with Crippen LogP contribution in [0.1, 0.15) is 19.8 Å². The summed E-state index contributed by atoms with van der Waals surface area (Å²) in [5.41, 5.74) is 0. The summed E-state index contributed by atoms with van der Waals surface area (Å²) in [7, 11) is -3.39. The minimum Gasteiger partial charge on any atom is -0.357 e. The molecule has 30 heavy (non-hydrogen) atoms. The molecule has 0 radical (unpaired) electrons. The fourth-order valence-electron chi connectivity index (χ4n) is 3.46. The average Bonchev–Trinajstić information content (AvgIpc) is 3.26. The molecular formula is C21H32IN5O2S. The van der Waals surface area contributed by atoms with Crippen molar-refractivity contribution < 1.29 is 8.42 Å². The Morgan fingerprint density at radius 3 is 2.37 bits per heavy atom. The van der Waals surface area contributed by atoms with E-state index in [2.05, 4.69) is 22.1 Å². The Balaban J connectivity index is 0.00000320. The molecule has 0 atom stereocenters. The van der Waals surface area contributed by atoms with Crippen molar-refractivity contribution in [2.24, 2.45) is 10.9 Å². The summed E-state index contributed by atoms with van der Waals surface area (Å²) in [5, 5.41) is 6.64. The van der Waals surface area contributed by atoms with Gasteiger partial charge in [0.25, 0.3) is 0 Å². The molecule has 0 aliphatic carbocycles. The third-order valence-electron chi connectivity index (χ3n) is 5.13. The van der Waals surface area contributed by atoms with Gasteiger partial charge in [-0.25, -0.2) is 8.42 Å². The van der Waals surface area contributed by atoms with Gasteiger partial charge in [-0.1, -0.05) is 18.2 Å². The van der Waals surface area contributed by atoms with Crippen molar-refractivity contribution in [2.45, 2.75) is 31.2 Å². The predicted octanol–water partition coefficient (Wildman–Crippen LogP) is 2.76. The van der Waals surface area contributed by atoms with Gasteiger partial charge in [0.2, 0.25) is 10.0 Å². The van der Waals surface area contributed by atoms with Crippen LogP contribution in [0.15, 0.2) is 64.7 Å². The molecule has 0 saturated carbocycles. The van der Waals surface area contributed by atoms with E-state index >= 15 is 0 Å². The lowest BCUT2D eigenvalue weighted by Crippen LogP contribution is -2.41. The zero-order valence-corrected chi connectivity index (χ0v) is 20.6. The highest BCUT2D eigenvalue weighted by molar-refractivity contribution is 14.0. The number of hydrogen-bond donors (Lipinski definition) is 2. The van der Waals surface area contributed by atoms with Crippen molar-refractivity contribution in [1.82, 2.24) is 19.5 Å². The number of halogens is 1. The van der Waals surface area contributed by atoms with E-state index in [1.165, 1.54) is 0 Å². The standard InChI is InChI=1S/C21H31N5O2S.HI/c1-2-22-21(23-12-17-25-13-6-7-14-25)24-18-19-10-15-26(16-11-19)29(27,28)20-8-4-3-5-9-20;/h3-9,13-14,19H,2,10-12,15-18H2,1H3,(H2,22,23,24);1H. The van der Waals surface area contributed by atoms with Crippen molar-refractivity contribution in [3.05, 3.63) is 54.9 Å². The molecule has 9 heteroatoms. The van der Waals surface area contributed by atoms with Gasteiger partial charge in [0.15, 0.2) is 5.96 Å². The van der Waals surface area contributed by atoms with Gasteiger partial charge in [-0.3, -0.25) is 4.99 Å². The molecule has 2 heterocycles. The Bertz CT molecular complexity index is 864. The van der Waals surface area contributed by atoms with E-state index in [4.69, 9.17) is 4.99 Å². The van der Waals surface area contributed by atoms with Gasteiger partial charge < -0.3 is 15.2 Å². The zero-order chi connectivity index (χ0) is 20.5. The number of rotatable bonds is 8.